The molecule has 0 amide bonds. The van der Waals surface area contributed by atoms with Crippen molar-refractivity contribution >= 4 is 23.1 Å². The van der Waals surface area contributed by atoms with Crippen LogP contribution in [0.15, 0.2) is 77.8 Å². The summed E-state index contributed by atoms with van der Waals surface area (Å²) >= 11 is 6.39. The van der Waals surface area contributed by atoms with E-state index in [1.54, 1.807) is 0 Å². The van der Waals surface area contributed by atoms with Gasteiger partial charge in [0.25, 0.3) is 0 Å². The molecule has 1 N–H and O–H groups in total. The Morgan fingerprint density at radius 2 is 1.66 bits per heavy atom. The summed E-state index contributed by atoms with van der Waals surface area (Å²) in [6.45, 7) is 3.90. The lowest BCUT2D eigenvalue weighted by Crippen LogP contribution is -2.46. The van der Waals surface area contributed by atoms with Gasteiger partial charge in [0.1, 0.15) is 5.84 Å². The SMILES string of the molecule is Clc1ccc2c(c1)N=C(N1CCNCC1)c1ccccc1C2Cc1ccccc1. The number of hydrogen-bond donors (Lipinski definition) is 1. The van der Waals surface area contributed by atoms with Gasteiger partial charge in [-0.05, 0) is 35.2 Å². The van der Waals surface area contributed by atoms with Crippen molar-refractivity contribution in [1.29, 1.82) is 0 Å². The highest BCUT2D eigenvalue weighted by molar-refractivity contribution is 6.30. The molecule has 1 atom stereocenters. The Morgan fingerprint density at radius 1 is 0.897 bits per heavy atom. The second-order valence-corrected chi connectivity index (χ2v) is 8.14. The molecular formula is C25H24ClN3. The summed E-state index contributed by atoms with van der Waals surface area (Å²) in [6, 6.07) is 25.7. The van der Waals surface area contributed by atoms with Gasteiger partial charge in [0.05, 0.1) is 5.69 Å². The first-order valence-electron chi connectivity index (χ1n) is 10.3. The molecule has 3 aromatic rings. The van der Waals surface area contributed by atoms with E-state index in [-0.39, 0.29) is 5.92 Å². The monoisotopic (exact) mass is 401 g/mol. The minimum absolute atomic E-state index is 0.241. The van der Waals surface area contributed by atoms with E-state index in [9.17, 15) is 0 Å². The molecule has 0 aliphatic carbocycles. The molecule has 2 aliphatic rings. The van der Waals surface area contributed by atoms with Gasteiger partial charge < -0.3 is 10.2 Å². The van der Waals surface area contributed by atoms with Crippen molar-refractivity contribution in [3.8, 4) is 0 Å². The van der Waals surface area contributed by atoms with Crippen LogP contribution in [0.4, 0.5) is 5.69 Å². The average molecular weight is 402 g/mol. The molecule has 2 heterocycles. The highest BCUT2D eigenvalue weighted by Gasteiger charge is 2.28. The number of nitrogens with zero attached hydrogens (tertiary/aromatic N) is 2. The van der Waals surface area contributed by atoms with E-state index in [2.05, 4.69) is 70.9 Å². The largest absolute Gasteiger partial charge is 0.354 e. The highest BCUT2D eigenvalue weighted by atomic mass is 35.5. The molecule has 1 unspecified atom stereocenters. The minimum Gasteiger partial charge on any atom is -0.354 e. The molecular weight excluding hydrogens is 378 g/mol. The molecule has 3 nitrogen and oxygen atoms in total. The summed E-state index contributed by atoms with van der Waals surface area (Å²) in [7, 11) is 0. The van der Waals surface area contributed by atoms with Crippen molar-refractivity contribution in [2.45, 2.75) is 12.3 Å². The van der Waals surface area contributed by atoms with Gasteiger partial charge in [0.15, 0.2) is 0 Å². The lowest BCUT2D eigenvalue weighted by molar-refractivity contribution is 0.358. The highest BCUT2D eigenvalue weighted by Crippen LogP contribution is 2.41. The maximum atomic E-state index is 6.39. The van der Waals surface area contributed by atoms with E-state index in [0.717, 1.165) is 49.1 Å². The van der Waals surface area contributed by atoms with E-state index >= 15 is 0 Å². The van der Waals surface area contributed by atoms with Crippen LogP contribution < -0.4 is 5.32 Å². The molecule has 2 aliphatic heterocycles. The zero-order chi connectivity index (χ0) is 19.6. The summed E-state index contributed by atoms with van der Waals surface area (Å²) in [5.74, 6) is 1.31. The van der Waals surface area contributed by atoms with Crippen LogP contribution in [-0.4, -0.2) is 36.9 Å². The Hall–Kier alpha value is -2.62. The van der Waals surface area contributed by atoms with Gasteiger partial charge in [-0.1, -0.05) is 72.3 Å². The van der Waals surface area contributed by atoms with Crippen molar-refractivity contribution < 1.29 is 0 Å². The van der Waals surface area contributed by atoms with Crippen LogP contribution in [0.1, 0.15) is 28.2 Å². The Labute approximate surface area is 177 Å². The summed E-state index contributed by atoms with van der Waals surface area (Å²) in [4.78, 5) is 7.59. The van der Waals surface area contributed by atoms with E-state index in [1.165, 1.54) is 22.3 Å². The Bertz CT molecular complexity index is 1040. The summed E-state index contributed by atoms with van der Waals surface area (Å²) in [6.07, 6.45) is 0.941. The van der Waals surface area contributed by atoms with E-state index in [0.29, 0.717) is 0 Å². The van der Waals surface area contributed by atoms with Crippen LogP contribution >= 0.6 is 11.6 Å². The molecule has 0 spiro atoms. The topological polar surface area (TPSA) is 27.6 Å². The predicted molar refractivity (Wildman–Crippen MR) is 121 cm³/mol. The molecule has 0 saturated carbocycles. The van der Waals surface area contributed by atoms with Crippen LogP contribution in [-0.2, 0) is 6.42 Å². The van der Waals surface area contributed by atoms with Gasteiger partial charge in [-0.25, -0.2) is 4.99 Å². The second kappa shape index (κ2) is 8.02. The normalized spacial score (nSPS) is 18.4. The lowest BCUT2D eigenvalue weighted by atomic mass is 9.83. The number of rotatable bonds is 2. The first-order valence-corrected chi connectivity index (χ1v) is 10.6. The molecule has 0 aromatic heterocycles. The maximum absolute atomic E-state index is 6.39. The summed E-state index contributed by atoms with van der Waals surface area (Å²) < 4.78 is 0. The molecule has 3 aromatic carbocycles. The summed E-state index contributed by atoms with van der Waals surface area (Å²) in [5.41, 5.74) is 6.15. The van der Waals surface area contributed by atoms with E-state index < -0.39 is 0 Å². The second-order valence-electron chi connectivity index (χ2n) is 7.71. The van der Waals surface area contributed by atoms with Crippen LogP contribution in [0.3, 0.4) is 0 Å². The van der Waals surface area contributed by atoms with Crippen molar-refractivity contribution in [2.24, 2.45) is 4.99 Å². The fraction of sp³-hybridized carbons (Fsp3) is 0.240. The number of piperazine rings is 1. The van der Waals surface area contributed by atoms with Crippen LogP contribution in [0, 0.1) is 0 Å². The van der Waals surface area contributed by atoms with E-state index in [4.69, 9.17) is 16.6 Å². The molecule has 146 valence electrons. The Balaban J connectivity index is 1.68. The first kappa shape index (κ1) is 18.4. The summed E-state index contributed by atoms with van der Waals surface area (Å²) in [5, 5.41) is 4.18. The van der Waals surface area contributed by atoms with Crippen LogP contribution in [0.25, 0.3) is 0 Å². The van der Waals surface area contributed by atoms with Gasteiger partial charge in [-0.15, -0.1) is 0 Å². The third-order valence-electron chi connectivity index (χ3n) is 5.87. The molecule has 29 heavy (non-hydrogen) atoms. The van der Waals surface area contributed by atoms with Crippen molar-refractivity contribution in [1.82, 2.24) is 10.2 Å². The number of nitrogens with one attached hydrogen (secondary N) is 1. The van der Waals surface area contributed by atoms with Crippen molar-refractivity contribution in [3.63, 3.8) is 0 Å². The van der Waals surface area contributed by atoms with Crippen molar-refractivity contribution in [2.75, 3.05) is 26.2 Å². The standard InChI is InChI=1S/C25H24ClN3/c26-19-10-11-21-23(16-18-6-2-1-3-7-18)20-8-4-5-9-22(20)25(28-24(21)17-19)29-14-12-27-13-15-29/h1-11,17,23,27H,12-16H2. The van der Waals surface area contributed by atoms with Crippen molar-refractivity contribution in [3.05, 3.63) is 100 Å². The van der Waals surface area contributed by atoms with Gasteiger partial charge in [0.2, 0.25) is 0 Å². The molecule has 0 radical (unpaired) electrons. The van der Waals surface area contributed by atoms with E-state index in [1.807, 2.05) is 12.1 Å². The van der Waals surface area contributed by atoms with Crippen LogP contribution in [0.2, 0.25) is 5.02 Å². The molecule has 1 fully saturated rings. The first-order chi connectivity index (χ1) is 14.3. The molecule has 5 rings (SSSR count). The lowest BCUT2D eigenvalue weighted by Gasteiger charge is -2.31. The maximum Gasteiger partial charge on any atom is 0.136 e. The fourth-order valence-corrected chi connectivity index (χ4v) is 4.61. The number of halogens is 1. The number of aliphatic imine (C=N–C) groups is 1. The molecule has 0 bridgehead atoms. The quantitative estimate of drug-likeness (QED) is 0.653. The number of fused-ring (bicyclic) bond motifs is 2. The Morgan fingerprint density at radius 3 is 2.48 bits per heavy atom. The third-order valence-corrected chi connectivity index (χ3v) is 6.11. The fourth-order valence-electron chi connectivity index (χ4n) is 4.44. The zero-order valence-corrected chi connectivity index (χ0v) is 17.1. The van der Waals surface area contributed by atoms with Gasteiger partial charge in [0, 0.05) is 42.7 Å². The zero-order valence-electron chi connectivity index (χ0n) is 16.3. The predicted octanol–water partition coefficient (Wildman–Crippen LogP) is 5.01. The molecule has 1 saturated heterocycles. The molecule has 4 heteroatoms. The van der Waals surface area contributed by atoms with Crippen LogP contribution in [0.5, 0.6) is 0 Å². The van der Waals surface area contributed by atoms with Gasteiger partial charge in [-0.3, -0.25) is 0 Å². The smallest absolute Gasteiger partial charge is 0.136 e. The van der Waals surface area contributed by atoms with Gasteiger partial charge in [-0.2, -0.15) is 0 Å². The number of hydrogen-bond acceptors (Lipinski definition) is 3. The number of benzene rings is 3. The number of amidine groups is 1. The average Bonchev–Trinajstić information content (AvgIpc) is 2.90. The minimum atomic E-state index is 0.241. The van der Waals surface area contributed by atoms with Gasteiger partial charge >= 0.3 is 0 Å². The third kappa shape index (κ3) is 3.68. The Kier molecular flexibility index (Phi) is 5.09.